The molecule has 4 nitrogen and oxygen atoms in total. The summed E-state index contributed by atoms with van der Waals surface area (Å²) in [6.45, 7) is 5.34. The van der Waals surface area contributed by atoms with Crippen molar-refractivity contribution in [3.05, 3.63) is 22.7 Å². The van der Waals surface area contributed by atoms with Gasteiger partial charge in [0, 0.05) is 26.0 Å². The van der Waals surface area contributed by atoms with E-state index in [1.54, 1.807) is 19.4 Å². The van der Waals surface area contributed by atoms with Crippen molar-refractivity contribution in [3.63, 3.8) is 0 Å². The zero-order valence-corrected chi connectivity index (χ0v) is 9.45. The molecule has 0 radical (unpaired) electrons. The van der Waals surface area contributed by atoms with E-state index in [2.05, 4.69) is 24.1 Å². The molecule has 1 heterocycles. The van der Waals surface area contributed by atoms with Crippen LogP contribution in [0.25, 0.3) is 0 Å². The van der Waals surface area contributed by atoms with Gasteiger partial charge in [0.2, 0.25) is 0 Å². The SMILES string of the molecule is Cn1ccnc(NCC2CC2(C)C)c1=O. The van der Waals surface area contributed by atoms with Crippen LogP contribution in [0.3, 0.4) is 0 Å². The predicted octanol–water partition coefficient (Wildman–Crippen LogP) is 1.24. The quantitative estimate of drug-likeness (QED) is 0.811. The molecule has 4 heteroatoms. The lowest BCUT2D eigenvalue weighted by atomic mass is 10.1. The summed E-state index contributed by atoms with van der Waals surface area (Å²) in [5.74, 6) is 1.13. The van der Waals surface area contributed by atoms with Gasteiger partial charge in [-0.05, 0) is 17.8 Å². The van der Waals surface area contributed by atoms with Gasteiger partial charge >= 0.3 is 0 Å². The van der Waals surface area contributed by atoms with Crippen molar-refractivity contribution < 1.29 is 0 Å². The number of anilines is 1. The molecule has 1 N–H and O–H groups in total. The van der Waals surface area contributed by atoms with E-state index in [-0.39, 0.29) is 5.56 Å². The second-order valence-electron chi connectivity index (χ2n) is 4.96. The van der Waals surface area contributed by atoms with Crippen LogP contribution in [0, 0.1) is 11.3 Å². The first-order valence-electron chi connectivity index (χ1n) is 5.26. The number of rotatable bonds is 3. The van der Waals surface area contributed by atoms with E-state index in [0.29, 0.717) is 17.2 Å². The van der Waals surface area contributed by atoms with Crippen LogP contribution in [-0.2, 0) is 7.05 Å². The van der Waals surface area contributed by atoms with Crippen molar-refractivity contribution in [2.75, 3.05) is 11.9 Å². The Bertz CT molecular complexity index is 422. The molecule has 1 atom stereocenters. The Labute approximate surface area is 89.3 Å². The third-order valence-electron chi connectivity index (χ3n) is 3.25. The highest BCUT2D eigenvalue weighted by molar-refractivity contribution is 5.31. The van der Waals surface area contributed by atoms with Crippen LogP contribution < -0.4 is 10.9 Å². The highest BCUT2D eigenvalue weighted by atomic mass is 16.1. The second kappa shape index (κ2) is 3.36. The average molecular weight is 207 g/mol. The first kappa shape index (κ1) is 10.2. The molecule has 1 unspecified atom stereocenters. The molecule has 0 saturated heterocycles. The summed E-state index contributed by atoms with van der Waals surface area (Å²) >= 11 is 0. The second-order valence-corrected chi connectivity index (χ2v) is 4.96. The van der Waals surface area contributed by atoms with Crippen LogP contribution in [0.15, 0.2) is 17.2 Å². The van der Waals surface area contributed by atoms with Gasteiger partial charge in [0.15, 0.2) is 5.82 Å². The number of aryl methyl sites for hydroxylation is 1. The third kappa shape index (κ3) is 2.03. The van der Waals surface area contributed by atoms with Gasteiger partial charge in [-0.2, -0.15) is 0 Å². The molecule has 1 aromatic heterocycles. The van der Waals surface area contributed by atoms with Crippen molar-refractivity contribution in [2.45, 2.75) is 20.3 Å². The van der Waals surface area contributed by atoms with Crippen molar-refractivity contribution in [3.8, 4) is 0 Å². The summed E-state index contributed by atoms with van der Waals surface area (Å²) in [6.07, 6.45) is 4.53. The minimum atomic E-state index is -0.0593. The Morgan fingerprint density at radius 1 is 1.67 bits per heavy atom. The van der Waals surface area contributed by atoms with Gasteiger partial charge in [-0.1, -0.05) is 13.8 Å². The fourth-order valence-corrected chi connectivity index (χ4v) is 1.76. The van der Waals surface area contributed by atoms with Crippen LogP contribution in [0.4, 0.5) is 5.82 Å². The highest BCUT2D eigenvalue weighted by Gasteiger charge is 2.45. The first-order chi connectivity index (χ1) is 7.00. The molecule has 1 fully saturated rings. The standard InChI is InChI=1S/C11H17N3O/c1-11(2)6-8(11)7-13-9-10(15)14(3)5-4-12-9/h4-5,8H,6-7H2,1-3H3,(H,12,13). The van der Waals surface area contributed by atoms with Gasteiger partial charge in [-0.15, -0.1) is 0 Å². The molecule has 0 amide bonds. The van der Waals surface area contributed by atoms with E-state index in [9.17, 15) is 4.79 Å². The molecule has 1 aromatic rings. The number of nitrogens with one attached hydrogen (secondary N) is 1. The number of hydrogen-bond acceptors (Lipinski definition) is 3. The van der Waals surface area contributed by atoms with Gasteiger partial charge in [-0.25, -0.2) is 4.98 Å². The molecular weight excluding hydrogens is 190 g/mol. The number of aromatic nitrogens is 2. The Hall–Kier alpha value is -1.32. The van der Waals surface area contributed by atoms with Gasteiger partial charge in [0.25, 0.3) is 5.56 Å². The largest absolute Gasteiger partial charge is 0.365 e. The van der Waals surface area contributed by atoms with Crippen LogP contribution in [0.1, 0.15) is 20.3 Å². The van der Waals surface area contributed by atoms with E-state index in [1.807, 2.05) is 0 Å². The third-order valence-corrected chi connectivity index (χ3v) is 3.25. The van der Waals surface area contributed by atoms with Crippen molar-refractivity contribution in [1.29, 1.82) is 0 Å². The number of hydrogen-bond donors (Lipinski definition) is 1. The maximum absolute atomic E-state index is 11.6. The van der Waals surface area contributed by atoms with Crippen LogP contribution in [0.5, 0.6) is 0 Å². The van der Waals surface area contributed by atoms with E-state index in [4.69, 9.17) is 0 Å². The van der Waals surface area contributed by atoms with Crippen LogP contribution in [-0.4, -0.2) is 16.1 Å². The van der Waals surface area contributed by atoms with E-state index < -0.39 is 0 Å². The van der Waals surface area contributed by atoms with E-state index >= 15 is 0 Å². The summed E-state index contributed by atoms with van der Waals surface area (Å²) in [5, 5.41) is 3.13. The summed E-state index contributed by atoms with van der Waals surface area (Å²) in [6, 6.07) is 0. The Morgan fingerprint density at radius 3 is 2.93 bits per heavy atom. The maximum atomic E-state index is 11.6. The smallest absolute Gasteiger partial charge is 0.293 e. The van der Waals surface area contributed by atoms with Gasteiger partial charge < -0.3 is 9.88 Å². The zero-order valence-electron chi connectivity index (χ0n) is 9.45. The molecule has 2 rings (SSSR count). The minimum absolute atomic E-state index is 0.0593. The Kier molecular flexibility index (Phi) is 2.29. The molecule has 82 valence electrons. The molecule has 15 heavy (non-hydrogen) atoms. The molecular formula is C11H17N3O. The van der Waals surface area contributed by atoms with Crippen molar-refractivity contribution >= 4 is 5.82 Å². The molecule has 1 saturated carbocycles. The van der Waals surface area contributed by atoms with E-state index in [0.717, 1.165) is 6.54 Å². The summed E-state index contributed by atoms with van der Waals surface area (Å²) in [5.41, 5.74) is 0.378. The Morgan fingerprint density at radius 2 is 2.33 bits per heavy atom. The molecule has 0 bridgehead atoms. The van der Waals surface area contributed by atoms with Gasteiger partial charge in [0.05, 0.1) is 0 Å². The highest BCUT2D eigenvalue weighted by Crippen LogP contribution is 2.51. The minimum Gasteiger partial charge on any atom is -0.365 e. The van der Waals surface area contributed by atoms with Crippen molar-refractivity contribution in [1.82, 2.24) is 9.55 Å². The number of nitrogens with zero attached hydrogens (tertiary/aromatic N) is 2. The molecule has 0 spiro atoms. The molecule has 1 aliphatic carbocycles. The average Bonchev–Trinajstić information content (AvgIpc) is 2.77. The predicted molar refractivity (Wildman–Crippen MR) is 59.9 cm³/mol. The van der Waals surface area contributed by atoms with Crippen LogP contribution in [0.2, 0.25) is 0 Å². The fraction of sp³-hybridized carbons (Fsp3) is 0.636. The normalized spacial score (nSPS) is 22.5. The summed E-state index contributed by atoms with van der Waals surface area (Å²) < 4.78 is 1.54. The van der Waals surface area contributed by atoms with Gasteiger partial charge in [0.1, 0.15) is 0 Å². The summed E-state index contributed by atoms with van der Waals surface area (Å²) in [4.78, 5) is 15.6. The van der Waals surface area contributed by atoms with Gasteiger partial charge in [-0.3, -0.25) is 4.79 Å². The molecule has 1 aliphatic rings. The Balaban J connectivity index is 2.00. The fourth-order valence-electron chi connectivity index (χ4n) is 1.76. The monoisotopic (exact) mass is 207 g/mol. The lowest BCUT2D eigenvalue weighted by Gasteiger charge is -2.06. The molecule has 0 aromatic carbocycles. The lowest BCUT2D eigenvalue weighted by molar-refractivity contribution is 0.572. The lowest BCUT2D eigenvalue weighted by Crippen LogP contribution is -2.23. The van der Waals surface area contributed by atoms with Crippen LogP contribution >= 0.6 is 0 Å². The molecule has 0 aliphatic heterocycles. The van der Waals surface area contributed by atoms with Crippen molar-refractivity contribution in [2.24, 2.45) is 18.4 Å². The topological polar surface area (TPSA) is 46.9 Å². The van der Waals surface area contributed by atoms with E-state index in [1.165, 1.54) is 11.0 Å². The zero-order chi connectivity index (χ0) is 11.1. The maximum Gasteiger partial charge on any atom is 0.293 e. The first-order valence-corrected chi connectivity index (χ1v) is 5.26. The summed E-state index contributed by atoms with van der Waals surface area (Å²) in [7, 11) is 1.73.